The average Bonchev–Trinajstić information content (AvgIpc) is 4.17. The summed E-state index contributed by atoms with van der Waals surface area (Å²) < 4.78 is 13.9. The Morgan fingerprint density at radius 2 is 1.77 bits per heavy atom. The average molecular weight is 992 g/mol. The van der Waals surface area contributed by atoms with Gasteiger partial charge in [-0.1, -0.05) is 68.4 Å². The van der Waals surface area contributed by atoms with Gasteiger partial charge in [0.25, 0.3) is 5.88 Å². The van der Waals surface area contributed by atoms with Gasteiger partial charge in [0, 0.05) is 78.0 Å². The molecule has 2 amide bonds. The zero-order valence-corrected chi connectivity index (χ0v) is 42.3. The third-order valence-corrected chi connectivity index (χ3v) is 16.0. The topological polar surface area (TPSA) is 176 Å². The zero-order valence-electron chi connectivity index (χ0n) is 39.9. The van der Waals surface area contributed by atoms with Crippen molar-refractivity contribution in [3.8, 4) is 21.3 Å². The summed E-state index contributed by atoms with van der Waals surface area (Å²) in [4.78, 5) is 44.1. The van der Waals surface area contributed by atoms with Crippen LogP contribution < -0.4 is 15.4 Å². The lowest BCUT2D eigenvalue weighted by Gasteiger charge is -2.32. The van der Waals surface area contributed by atoms with Gasteiger partial charge in [0.2, 0.25) is 11.8 Å². The Kier molecular flexibility index (Phi) is 14.5. The molecule has 6 aromatic rings. The number of hydrogen-bond acceptors (Lipinski definition) is 14. The third kappa shape index (κ3) is 10.4. The van der Waals surface area contributed by atoms with Gasteiger partial charge in [0.05, 0.1) is 40.4 Å². The van der Waals surface area contributed by atoms with Gasteiger partial charge in [-0.15, -0.1) is 32.9 Å². The zero-order chi connectivity index (χ0) is 48.5. The van der Waals surface area contributed by atoms with E-state index in [0.29, 0.717) is 54.3 Å². The molecule has 18 heteroatoms. The summed E-state index contributed by atoms with van der Waals surface area (Å²) in [7, 11) is 0. The molecule has 0 unspecified atom stereocenters. The van der Waals surface area contributed by atoms with Gasteiger partial charge < -0.3 is 29.9 Å². The lowest BCUT2D eigenvalue weighted by atomic mass is 9.91. The number of nitrogens with one attached hydrogen (secondary N) is 2. The Morgan fingerprint density at radius 3 is 2.48 bits per heavy atom. The number of piperidine rings is 1. The van der Waals surface area contributed by atoms with E-state index in [1.165, 1.54) is 4.88 Å². The number of halogens is 1. The Hall–Kier alpha value is -5.72. The summed E-state index contributed by atoms with van der Waals surface area (Å²) >= 11 is 9.59. The van der Waals surface area contributed by atoms with Crippen LogP contribution in [0, 0.1) is 33.6 Å². The van der Waals surface area contributed by atoms with E-state index in [1.807, 2.05) is 57.5 Å². The molecule has 2 saturated heterocycles. The van der Waals surface area contributed by atoms with Crippen molar-refractivity contribution < 1.29 is 24.0 Å². The van der Waals surface area contributed by atoms with Crippen LogP contribution in [-0.4, -0.2) is 108 Å². The highest BCUT2D eigenvalue weighted by Gasteiger charge is 2.42. The highest BCUT2D eigenvalue weighted by atomic mass is 35.5. The molecule has 0 bridgehead atoms. The number of β-amino-alcohol motifs (C(OH)–C–C–N with tert-alkyl or cyclic N) is 1. The highest BCUT2D eigenvalue weighted by molar-refractivity contribution is 7.15. The number of nitrogens with zero attached hydrogens (tertiary/aromatic N) is 8. The fourth-order valence-corrected chi connectivity index (χ4v) is 11.8. The minimum absolute atomic E-state index is 0.0239. The first-order valence-corrected chi connectivity index (χ1v) is 25.7. The lowest BCUT2D eigenvalue weighted by molar-refractivity contribution is -0.135. The minimum atomic E-state index is -0.670. The second kappa shape index (κ2) is 20.7. The number of benzene rings is 2. The quantitative estimate of drug-likeness (QED) is 0.0851. The van der Waals surface area contributed by atoms with Crippen molar-refractivity contribution in [2.24, 2.45) is 10.9 Å². The van der Waals surface area contributed by atoms with Gasteiger partial charge in [-0.2, -0.15) is 0 Å². The van der Waals surface area contributed by atoms with Gasteiger partial charge in [-0.05, 0) is 80.4 Å². The largest absolute Gasteiger partial charge is 0.474 e. The lowest BCUT2D eigenvalue weighted by Crippen LogP contribution is -2.45. The number of thiophene rings is 1. The van der Waals surface area contributed by atoms with E-state index < -0.39 is 18.1 Å². The van der Waals surface area contributed by atoms with Gasteiger partial charge in [-0.3, -0.25) is 24.0 Å². The van der Waals surface area contributed by atoms with Crippen molar-refractivity contribution in [1.29, 1.82) is 0 Å². The van der Waals surface area contributed by atoms with Crippen LogP contribution in [0.2, 0.25) is 5.02 Å². The number of aliphatic hydroxyl groups is 1. The van der Waals surface area contributed by atoms with Crippen LogP contribution in [0.25, 0.3) is 15.4 Å². The molecule has 3 N–H and O–H groups in total. The van der Waals surface area contributed by atoms with Crippen LogP contribution in [0.5, 0.6) is 5.88 Å². The number of aryl methyl sites for hydroxylation is 3. The molecule has 0 aliphatic carbocycles. The molecule has 362 valence electrons. The first kappa shape index (κ1) is 48.3. The molecule has 15 nitrogen and oxygen atoms in total. The van der Waals surface area contributed by atoms with Crippen LogP contribution >= 0.6 is 34.3 Å². The van der Waals surface area contributed by atoms with E-state index in [4.69, 9.17) is 25.9 Å². The van der Waals surface area contributed by atoms with E-state index in [1.54, 1.807) is 33.6 Å². The van der Waals surface area contributed by atoms with E-state index in [9.17, 15) is 14.7 Å². The molecule has 2 fully saturated rings. The van der Waals surface area contributed by atoms with E-state index in [2.05, 4.69) is 85.1 Å². The molecule has 3 aliphatic rings. The van der Waals surface area contributed by atoms with Crippen molar-refractivity contribution in [3.05, 3.63) is 128 Å². The molecule has 2 aromatic carbocycles. The predicted octanol–water partition coefficient (Wildman–Crippen LogP) is 8.27. The summed E-state index contributed by atoms with van der Waals surface area (Å²) in [5.74, 6) is 1.17. The maximum Gasteiger partial charge on any atom is 0.254 e. The Labute approximate surface area is 415 Å². The molecule has 7 heterocycles. The number of aromatic nitrogens is 5. The number of amides is 2. The first-order chi connectivity index (χ1) is 33.2. The van der Waals surface area contributed by atoms with Crippen LogP contribution in [0.1, 0.15) is 102 Å². The number of aliphatic hydroxyl groups excluding tert-OH is 1. The highest BCUT2D eigenvalue weighted by Crippen LogP contribution is 2.40. The number of rotatable bonds is 16. The third-order valence-electron chi connectivity index (χ3n) is 13.5. The van der Waals surface area contributed by atoms with Crippen molar-refractivity contribution in [2.45, 2.75) is 104 Å². The van der Waals surface area contributed by atoms with Crippen LogP contribution in [0.4, 0.5) is 0 Å². The summed E-state index contributed by atoms with van der Waals surface area (Å²) in [6.07, 6.45) is 1.45. The molecule has 3 aliphatic heterocycles. The number of hydrogen-bond donors (Lipinski definition) is 3. The molecule has 4 aromatic heterocycles. The summed E-state index contributed by atoms with van der Waals surface area (Å²) in [5.41, 5.74) is 9.68. The van der Waals surface area contributed by atoms with Crippen LogP contribution in [-0.2, 0) is 16.1 Å². The maximum atomic E-state index is 14.3. The smallest absolute Gasteiger partial charge is 0.254 e. The fraction of sp³-hybridized carbons (Fsp3) is 0.431. The number of carbonyl (C=O) groups is 2. The number of thiazole rings is 1. The van der Waals surface area contributed by atoms with Crippen molar-refractivity contribution in [1.82, 2.24) is 45.3 Å². The molecular weight excluding hydrogens is 932 g/mol. The number of ether oxygens (including phenoxy) is 1. The molecule has 9 rings (SSSR count). The van der Waals surface area contributed by atoms with Gasteiger partial charge in [-0.25, -0.2) is 4.98 Å². The van der Waals surface area contributed by atoms with E-state index >= 15 is 0 Å². The number of fused-ring (bicyclic) bond motifs is 3. The summed E-state index contributed by atoms with van der Waals surface area (Å²) in [6, 6.07) is 16.8. The Balaban J connectivity index is 0.758. The van der Waals surface area contributed by atoms with E-state index in [-0.39, 0.29) is 42.8 Å². The maximum absolute atomic E-state index is 14.3. The fourth-order valence-electron chi connectivity index (χ4n) is 9.65. The molecule has 69 heavy (non-hydrogen) atoms. The van der Waals surface area contributed by atoms with E-state index in [0.717, 1.165) is 80.9 Å². The molecular formula is C51H59ClN10O5S2. The van der Waals surface area contributed by atoms with Crippen LogP contribution in [0.15, 0.2) is 81.9 Å². The van der Waals surface area contributed by atoms with Crippen LogP contribution in [0.3, 0.4) is 0 Å². The van der Waals surface area contributed by atoms with Gasteiger partial charge in [0.15, 0.2) is 11.6 Å². The molecule has 0 spiro atoms. The van der Waals surface area contributed by atoms with Crippen molar-refractivity contribution in [2.75, 3.05) is 32.8 Å². The number of carbonyl (C=O) groups excluding carboxylic acids is 2. The minimum Gasteiger partial charge on any atom is -0.474 e. The van der Waals surface area contributed by atoms with Crippen molar-refractivity contribution >= 4 is 51.8 Å². The van der Waals surface area contributed by atoms with Gasteiger partial charge in [0.1, 0.15) is 29.4 Å². The normalized spacial score (nSPS) is 18.9. The second-order valence-electron chi connectivity index (χ2n) is 18.7. The predicted molar refractivity (Wildman–Crippen MR) is 269 cm³/mol. The first-order valence-electron chi connectivity index (χ1n) is 23.6. The standard InChI is InChI=1S/C51H59ClN10O5S2/c1-28(2)45(50(65)61-26-39(63)22-41(61)30(4)53-25-34-8-10-36(11-9-34)48-31(5)54-27-68-48)42-24-44(59-67-42)66-21-20-60-18-16-38(17-19-60)55-43(64)23-40-49-58-57-33(7)62(49)51-46(29(3)32(6)69-51)47(56-40)35-12-14-37(52)15-13-35/h8-15,24,27-28,38-41,45,53,63H,4,16-23,25-26H2,1-3,5-7H3,(H,55,64)/t39-,40+,41+,45+/m1/s1. The van der Waals surface area contributed by atoms with Crippen molar-refractivity contribution in [3.63, 3.8) is 0 Å². The number of aliphatic imine (C=N–C) groups is 1. The molecule has 0 saturated carbocycles. The summed E-state index contributed by atoms with van der Waals surface area (Å²) in [6.45, 7) is 19.8. The Morgan fingerprint density at radius 1 is 1.03 bits per heavy atom. The Bertz CT molecular complexity index is 2840. The van der Waals surface area contributed by atoms with Gasteiger partial charge >= 0.3 is 0 Å². The SMILES string of the molecule is C=C(NCc1ccc(-c2scnc2C)cc1)[C@@H]1C[C@@H](O)CN1C(=O)[C@H](c1cc(OCCN2CCC(NC(=O)C[C@@H]3N=C(c4ccc(Cl)cc4)c4c(sc(C)c4C)-n4c(C)nnc43)CC2)no1)C(C)C. The summed E-state index contributed by atoms with van der Waals surface area (Å²) in [5, 5.41) is 32.3. The molecule has 0 radical (unpaired) electrons. The molecule has 4 atom stereocenters. The second-order valence-corrected chi connectivity index (χ2v) is 21.2. The monoisotopic (exact) mass is 990 g/mol. The number of likely N-dealkylation sites (tertiary alicyclic amines) is 2.